The van der Waals surface area contributed by atoms with Crippen LogP contribution < -0.4 is 0 Å². The lowest BCUT2D eigenvalue weighted by molar-refractivity contribution is 0.795. The summed E-state index contributed by atoms with van der Waals surface area (Å²) in [6.07, 6.45) is 3.41. The van der Waals surface area contributed by atoms with Gasteiger partial charge in [0.2, 0.25) is 0 Å². The second-order valence-corrected chi connectivity index (χ2v) is 15.5. The highest BCUT2D eigenvalue weighted by Crippen LogP contribution is 2.43. The Morgan fingerprint density at radius 1 is 0.383 bits per heavy atom. The van der Waals surface area contributed by atoms with Gasteiger partial charge in [-0.2, -0.15) is 0 Å². The molecule has 3 heterocycles. The van der Waals surface area contributed by atoms with E-state index in [1.165, 1.54) is 56.5 Å². The maximum Gasteiger partial charge on any atom is 0.164 e. The number of benzene rings is 8. The van der Waals surface area contributed by atoms with E-state index in [0.29, 0.717) is 17.5 Å². The molecule has 0 N–H and O–H groups in total. The molecule has 60 heavy (non-hydrogen) atoms. The third-order valence-corrected chi connectivity index (χ3v) is 11.8. The molecule has 0 radical (unpaired) electrons. The molecule has 11 aromatic rings. The number of rotatable bonds is 9. The number of aryl methyl sites for hydroxylation is 1. The molecule has 0 atom stereocenters. The van der Waals surface area contributed by atoms with Crippen LogP contribution in [0.2, 0.25) is 0 Å². The standard InChI is InChI=1S/C55H41N5/c1-2-3-17-37-30-32-39(33-31-37)54-56-53(38-18-6-4-7-19-38)57-55(58-54)44-25-11-10-24-43(44)40-20-16-23-42(36-40)60-48-29-15-13-27-46(48)52-50(60)35-34-49-51(52)45-26-12-14-28-47(45)59(49)41-21-8-5-9-22-41/h4-16,18-36H,2-3,17H2,1H3. The van der Waals surface area contributed by atoms with Crippen LogP contribution in [0.25, 0.3) is 100 Å². The van der Waals surface area contributed by atoms with E-state index in [4.69, 9.17) is 15.0 Å². The van der Waals surface area contributed by atoms with Crippen LogP contribution in [0, 0.1) is 0 Å². The van der Waals surface area contributed by atoms with E-state index in [1.54, 1.807) is 0 Å². The van der Waals surface area contributed by atoms with Crippen LogP contribution in [0.3, 0.4) is 0 Å². The van der Waals surface area contributed by atoms with E-state index in [0.717, 1.165) is 51.1 Å². The van der Waals surface area contributed by atoms with Gasteiger partial charge in [-0.15, -0.1) is 0 Å². The number of para-hydroxylation sites is 3. The smallest absolute Gasteiger partial charge is 0.164 e. The predicted octanol–water partition coefficient (Wildman–Crippen LogP) is 14.1. The zero-order chi connectivity index (χ0) is 40.0. The van der Waals surface area contributed by atoms with E-state index in [1.807, 2.05) is 18.2 Å². The summed E-state index contributed by atoms with van der Waals surface area (Å²) in [6, 6.07) is 69.1. The van der Waals surface area contributed by atoms with Crippen molar-refractivity contribution in [3.05, 3.63) is 200 Å². The van der Waals surface area contributed by atoms with Crippen molar-refractivity contribution in [3.8, 4) is 56.7 Å². The van der Waals surface area contributed by atoms with Gasteiger partial charge in [-0.25, -0.2) is 15.0 Å². The Hall–Kier alpha value is -7.63. The number of nitrogens with zero attached hydrogens (tertiary/aromatic N) is 5. The van der Waals surface area contributed by atoms with Gasteiger partial charge in [0.15, 0.2) is 17.5 Å². The SMILES string of the molecule is CCCCc1ccc(-c2nc(-c3ccccc3)nc(-c3ccccc3-c3cccc(-n4c5ccccc5c5c6c7ccccc7n(-c7ccccc7)c6ccc54)c3)n2)cc1. The fourth-order valence-corrected chi connectivity index (χ4v) is 8.94. The molecule has 0 spiro atoms. The molecule has 0 aliphatic heterocycles. The first-order valence-electron chi connectivity index (χ1n) is 20.9. The highest BCUT2D eigenvalue weighted by atomic mass is 15.0. The number of aromatic nitrogens is 5. The van der Waals surface area contributed by atoms with Gasteiger partial charge in [-0.3, -0.25) is 0 Å². The normalized spacial score (nSPS) is 11.6. The largest absolute Gasteiger partial charge is 0.309 e. The molecule has 0 fully saturated rings. The summed E-state index contributed by atoms with van der Waals surface area (Å²) in [4.78, 5) is 15.4. The average molecular weight is 772 g/mol. The highest BCUT2D eigenvalue weighted by molar-refractivity contribution is 6.28. The molecule has 0 saturated carbocycles. The second-order valence-electron chi connectivity index (χ2n) is 15.5. The molecule has 5 nitrogen and oxygen atoms in total. The molecule has 0 aliphatic carbocycles. The van der Waals surface area contributed by atoms with Gasteiger partial charge in [0.25, 0.3) is 0 Å². The van der Waals surface area contributed by atoms with Crippen molar-refractivity contribution < 1.29 is 0 Å². The molecular weight excluding hydrogens is 731 g/mol. The quantitative estimate of drug-likeness (QED) is 0.147. The Morgan fingerprint density at radius 3 is 1.53 bits per heavy atom. The van der Waals surface area contributed by atoms with Crippen LogP contribution >= 0.6 is 0 Å². The van der Waals surface area contributed by atoms with Crippen molar-refractivity contribution in [1.82, 2.24) is 24.1 Å². The van der Waals surface area contributed by atoms with Crippen LogP contribution in [-0.4, -0.2) is 24.1 Å². The lowest BCUT2D eigenvalue weighted by atomic mass is 9.98. The Balaban J connectivity index is 1.08. The van der Waals surface area contributed by atoms with E-state index < -0.39 is 0 Å². The monoisotopic (exact) mass is 771 g/mol. The first kappa shape index (κ1) is 35.5. The van der Waals surface area contributed by atoms with Gasteiger partial charge in [-0.1, -0.05) is 159 Å². The molecule has 0 amide bonds. The van der Waals surface area contributed by atoms with Crippen LogP contribution in [0.5, 0.6) is 0 Å². The molecule has 0 aliphatic rings. The Bertz CT molecular complexity index is 3340. The summed E-state index contributed by atoms with van der Waals surface area (Å²) in [5, 5.41) is 4.99. The number of fused-ring (bicyclic) bond motifs is 7. The zero-order valence-corrected chi connectivity index (χ0v) is 33.3. The van der Waals surface area contributed by atoms with Gasteiger partial charge in [-0.05, 0) is 78.1 Å². The third-order valence-electron chi connectivity index (χ3n) is 11.8. The maximum absolute atomic E-state index is 5.18. The van der Waals surface area contributed by atoms with E-state index in [9.17, 15) is 0 Å². The zero-order valence-electron chi connectivity index (χ0n) is 33.3. The number of hydrogen-bond acceptors (Lipinski definition) is 3. The third kappa shape index (κ3) is 6.06. The predicted molar refractivity (Wildman–Crippen MR) is 249 cm³/mol. The van der Waals surface area contributed by atoms with Crippen molar-refractivity contribution in [3.63, 3.8) is 0 Å². The molecule has 11 rings (SSSR count). The van der Waals surface area contributed by atoms with Crippen LogP contribution in [-0.2, 0) is 6.42 Å². The van der Waals surface area contributed by atoms with Crippen molar-refractivity contribution in [2.24, 2.45) is 0 Å². The second kappa shape index (κ2) is 14.9. The lowest BCUT2D eigenvalue weighted by Crippen LogP contribution is -2.01. The Morgan fingerprint density at radius 2 is 0.883 bits per heavy atom. The van der Waals surface area contributed by atoms with Gasteiger partial charge < -0.3 is 9.13 Å². The molecule has 8 aromatic carbocycles. The first-order valence-corrected chi connectivity index (χ1v) is 20.9. The van der Waals surface area contributed by atoms with Crippen molar-refractivity contribution in [2.75, 3.05) is 0 Å². The molecule has 0 bridgehead atoms. The minimum atomic E-state index is 0.643. The maximum atomic E-state index is 5.18. The summed E-state index contributed by atoms with van der Waals surface area (Å²) in [5.41, 5.74) is 13.3. The molecule has 286 valence electrons. The van der Waals surface area contributed by atoms with Gasteiger partial charge in [0.1, 0.15) is 0 Å². The minimum Gasteiger partial charge on any atom is -0.309 e. The molecule has 3 aromatic heterocycles. The summed E-state index contributed by atoms with van der Waals surface area (Å²) in [7, 11) is 0. The average Bonchev–Trinajstić information content (AvgIpc) is 3.84. The number of unbranched alkanes of at least 4 members (excludes halogenated alkanes) is 1. The highest BCUT2D eigenvalue weighted by Gasteiger charge is 2.21. The summed E-state index contributed by atoms with van der Waals surface area (Å²) in [6.45, 7) is 2.23. The molecule has 5 heteroatoms. The Kier molecular flexibility index (Phi) is 8.85. The Labute approximate surface area is 348 Å². The van der Waals surface area contributed by atoms with E-state index >= 15 is 0 Å². The van der Waals surface area contributed by atoms with E-state index in [-0.39, 0.29) is 0 Å². The summed E-state index contributed by atoms with van der Waals surface area (Å²) < 4.78 is 4.82. The topological polar surface area (TPSA) is 48.5 Å². The van der Waals surface area contributed by atoms with Gasteiger partial charge >= 0.3 is 0 Å². The molecular formula is C55H41N5. The van der Waals surface area contributed by atoms with Crippen LogP contribution in [0.4, 0.5) is 0 Å². The fourth-order valence-electron chi connectivity index (χ4n) is 8.94. The van der Waals surface area contributed by atoms with Crippen LogP contribution in [0.15, 0.2) is 194 Å². The van der Waals surface area contributed by atoms with Crippen molar-refractivity contribution in [2.45, 2.75) is 26.2 Å². The van der Waals surface area contributed by atoms with Crippen molar-refractivity contribution >= 4 is 43.6 Å². The fraction of sp³-hybridized carbons (Fsp3) is 0.0727. The first-order chi connectivity index (χ1) is 29.7. The molecule has 0 unspecified atom stereocenters. The molecule has 0 saturated heterocycles. The van der Waals surface area contributed by atoms with E-state index in [2.05, 4.69) is 192 Å². The van der Waals surface area contributed by atoms with Crippen LogP contribution in [0.1, 0.15) is 25.3 Å². The lowest BCUT2D eigenvalue weighted by Gasteiger charge is -2.14. The summed E-state index contributed by atoms with van der Waals surface area (Å²) >= 11 is 0. The summed E-state index contributed by atoms with van der Waals surface area (Å²) in [5.74, 6) is 1.96. The van der Waals surface area contributed by atoms with Gasteiger partial charge in [0, 0.05) is 49.6 Å². The van der Waals surface area contributed by atoms with Gasteiger partial charge in [0.05, 0.1) is 22.1 Å². The minimum absolute atomic E-state index is 0.643. The van der Waals surface area contributed by atoms with Crippen molar-refractivity contribution in [1.29, 1.82) is 0 Å². The number of hydrogen-bond donors (Lipinski definition) is 0.